The number of benzene rings is 1. The van der Waals surface area contributed by atoms with Crippen LogP contribution in [0.2, 0.25) is 0 Å². The van der Waals surface area contributed by atoms with E-state index < -0.39 is 0 Å². The van der Waals surface area contributed by atoms with Crippen LogP contribution in [-0.2, 0) is 6.54 Å². The van der Waals surface area contributed by atoms with Gasteiger partial charge in [-0.2, -0.15) is 0 Å². The van der Waals surface area contributed by atoms with Gasteiger partial charge in [-0.05, 0) is 55.9 Å². The molecule has 5 nitrogen and oxygen atoms in total. The Morgan fingerprint density at radius 2 is 1.96 bits per heavy atom. The minimum atomic E-state index is 0.868. The average molecular weight is 336 g/mol. The molecule has 25 heavy (non-hydrogen) atoms. The fourth-order valence-electron chi connectivity index (χ4n) is 3.45. The quantitative estimate of drug-likeness (QED) is 0.795. The van der Waals surface area contributed by atoms with E-state index in [-0.39, 0.29) is 0 Å². The molecular formula is C20H24N4O. The summed E-state index contributed by atoms with van der Waals surface area (Å²) < 4.78 is 7.51. The van der Waals surface area contributed by atoms with Crippen molar-refractivity contribution in [2.24, 2.45) is 0 Å². The van der Waals surface area contributed by atoms with Crippen molar-refractivity contribution in [3.63, 3.8) is 0 Å². The van der Waals surface area contributed by atoms with Crippen LogP contribution in [0.5, 0.6) is 5.75 Å². The van der Waals surface area contributed by atoms with Crippen molar-refractivity contribution in [3.05, 3.63) is 54.4 Å². The van der Waals surface area contributed by atoms with Gasteiger partial charge in [0.15, 0.2) is 0 Å². The first kappa shape index (κ1) is 16.1. The second-order valence-corrected chi connectivity index (χ2v) is 6.44. The van der Waals surface area contributed by atoms with Crippen LogP contribution >= 0.6 is 0 Å². The average Bonchev–Trinajstić information content (AvgIpc) is 2.83. The van der Waals surface area contributed by atoms with Crippen molar-refractivity contribution in [1.29, 1.82) is 0 Å². The highest BCUT2D eigenvalue weighted by Crippen LogP contribution is 2.27. The maximum absolute atomic E-state index is 5.29. The van der Waals surface area contributed by atoms with Crippen molar-refractivity contribution < 1.29 is 4.74 Å². The Kier molecular flexibility index (Phi) is 4.68. The van der Waals surface area contributed by atoms with Gasteiger partial charge in [0.05, 0.1) is 18.5 Å². The highest BCUT2D eigenvalue weighted by molar-refractivity contribution is 5.67. The summed E-state index contributed by atoms with van der Waals surface area (Å²) in [5, 5.41) is 3.47. The number of ether oxygens (including phenoxy) is 1. The van der Waals surface area contributed by atoms with E-state index in [1.165, 1.54) is 12.1 Å². The third-order valence-electron chi connectivity index (χ3n) is 4.80. The molecule has 5 heteroatoms. The van der Waals surface area contributed by atoms with Crippen molar-refractivity contribution in [1.82, 2.24) is 19.6 Å². The van der Waals surface area contributed by atoms with E-state index in [1.807, 2.05) is 18.2 Å². The molecule has 0 bridgehead atoms. The number of pyridine rings is 1. The van der Waals surface area contributed by atoms with Crippen molar-refractivity contribution in [2.75, 3.05) is 33.3 Å². The fraction of sp³-hybridized carbons (Fsp3) is 0.350. The van der Waals surface area contributed by atoms with Crippen LogP contribution in [0.4, 0.5) is 0 Å². The van der Waals surface area contributed by atoms with E-state index in [4.69, 9.17) is 9.72 Å². The van der Waals surface area contributed by atoms with Crippen molar-refractivity contribution in [2.45, 2.75) is 13.0 Å². The summed E-state index contributed by atoms with van der Waals surface area (Å²) in [7, 11) is 1.69. The van der Waals surface area contributed by atoms with Gasteiger partial charge in [-0.1, -0.05) is 6.07 Å². The Morgan fingerprint density at radius 1 is 1.08 bits per heavy atom. The molecule has 4 rings (SSSR count). The lowest BCUT2D eigenvalue weighted by molar-refractivity contribution is 0.281. The first-order valence-electron chi connectivity index (χ1n) is 8.88. The minimum Gasteiger partial charge on any atom is -0.497 e. The highest BCUT2D eigenvalue weighted by Gasteiger charge is 2.18. The first-order chi connectivity index (χ1) is 12.3. The predicted molar refractivity (Wildman–Crippen MR) is 99.9 cm³/mol. The van der Waals surface area contributed by atoms with Gasteiger partial charge in [-0.15, -0.1) is 0 Å². The summed E-state index contributed by atoms with van der Waals surface area (Å²) in [6.07, 6.45) is 3.30. The van der Waals surface area contributed by atoms with Crippen LogP contribution in [0.3, 0.4) is 0 Å². The van der Waals surface area contributed by atoms with Gasteiger partial charge < -0.3 is 14.5 Å². The number of nitrogens with zero attached hydrogens (tertiary/aromatic N) is 3. The molecule has 1 aromatic carbocycles. The number of hydrogen-bond acceptors (Lipinski definition) is 4. The van der Waals surface area contributed by atoms with Crippen molar-refractivity contribution in [3.8, 4) is 17.0 Å². The summed E-state index contributed by atoms with van der Waals surface area (Å²) >= 11 is 0. The molecule has 0 radical (unpaired) electrons. The molecule has 1 fully saturated rings. The lowest BCUT2D eigenvalue weighted by Crippen LogP contribution is -2.28. The monoisotopic (exact) mass is 336 g/mol. The third-order valence-corrected chi connectivity index (χ3v) is 4.80. The van der Waals surface area contributed by atoms with Gasteiger partial charge in [0.1, 0.15) is 11.4 Å². The minimum absolute atomic E-state index is 0.868. The van der Waals surface area contributed by atoms with Gasteiger partial charge in [0.25, 0.3) is 0 Å². The summed E-state index contributed by atoms with van der Waals surface area (Å²) in [5.41, 5.74) is 4.44. The van der Waals surface area contributed by atoms with E-state index >= 15 is 0 Å². The highest BCUT2D eigenvalue weighted by atomic mass is 16.5. The molecule has 0 amide bonds. The maximum atomic E-state index is 5.29. The normalized spacial score (nSPS) is 16.0. The maximum Gasteiger partial charge on any atom is 0.137 e. The lowest BCUT2D eigenvalue weighted by atomic mass is 10.1. The second kappa shape index (κ2) is 7.25. The fourth-order valence-corrected chi connectivity index (χ4v) is 3.45. The van der Waals surface area contributed by atoms with Gasteiger partial charge in [-0.25, -0.2) is 4.98 Å². The zero-order valence-electron chi connectivity index (χ0n) is 14.6. The molecule has 1 saturated heterocycles. The summed E-state index contributed by atoms with van der Waals surface area (Å²) in [6, 6.07) is 14.4. The number of nitrogens with one attached hydrogen (secondary N) is 1. The standard InChI is InChI=1S/C20H24N4O/c1-25-17-8-6-16(7-9-17)20-18(15-23-12-4-10-21-11-14-23)24-13-3-2-5-19(24)22-20/h2-3,5-9,13,21H,4,10-12,14-15H2,1H3. The molecule has 0 aliphatic carbocycles. The van der Waals surface area contributed by atoms with Crippen molar-refractivity contribution >= 4 is 5.65 Å². The Morgan fingerprint density at radius 3 is 2.80 bits per heavy atom. The zero-order chi connectivity index (χ0) is 17.1. The van der Waals surface area contributed by atoms with E-state index in [0.717, 1.165) is 55.4 Å². The number of imidazole rings is 1. The Hall–Kier alpha value is -2.37. The number of methoxy groups -OCH3 is 1. The van der Waals surface area contributed by atoms with Crippen LogP contribution in [0.25, 0.3) is 16.9 Å². The predicted octanol–water partition coefficient (Wildman–Crippen LogP) is 2.81. The first-order valence-corrected chi connectivity index (χ1v) is 8.88. The number of aromatic nitrogens is 2. The van der Waals surface area contributed by atoms with Gasteiger partial charge in [0, 0.05) is 31.4 Å². The molecule has 0 saturated carbocycles. The molecule has 3 aromatic rings. The number of rotatable bonds is 4. The number of fused-ring (bicyclic) bond motifs is 1. The molecule has 0 spiro atoms. The van der Waals surface area contributed by atoms with E-state index in [0.29, 0.717) is 0 Å². The largest absolute Gasteiger partial charge is 0.497 e. The van der Waals surface area contributed by atoms with Crippen LogP contribution in [0.15, 0.2) is 48.7 Å². The SMILES string of the molecule is COc1ccc(-c2nc3ccccn3c2CN2CCCNCC2)cc1. The van der Waals surface area contributed by atoms with Gasteiger partial charge in [-0.3, -0.25) is 4.90 Å². The lowest BCUT2D eigenvalue weighted by Gasteiger charge is -2.20. The van der Waals surface area contributed by atoms with Crippen LogP contribution in [-0.4, -0.2) is 47.6 Å². The van der Waals surface area contributed by atoms with Gasteiger partial charge >= 0.3 is 0 Å². The van der Waals surface area contributed by atoms with Crippen LogP contribution in [0, 0.1) is 0 Å². The van der Waals surface area contributed by atoms with E-state index in [9.17, 15) is 0 Å². The molecule has 0 unspecified atom stereocenters. The number of hydrogen-bond donors (Lipinski definition) is 1. The Bertz CT molecular complexity index is 833. The second-order valence-electron chi connectivity index (χ2n) is 6.44. The zero-order valence-corrected chi connectivity index (χ0v) is 14.6. The molecule has 2 aromatic heterocycles. The molecule has 1 aliphatic rings. The third kappa shape index (κ3) is 3.38. The Balaban J connectivity index is 1.74. The summed E-state index contributed by atoms with van der Waals surface area (Å²) in [6.45, 7) is 5.26. The molecule has 1 N–H and O–H groups in total. The molecule has 1 aliphatic heterocycles. The van der Waals surface area contributed by atoms with Crippen LogP contribution < -0.4 is 10.1 Å². The molecular weight excluding hydrogens is 312 g/mol. The van der Waals surface area contributed by atoms with E-state index in [2.05, 4.69) is 45.1 Å². The van der Waals surface area contributed by atoms with Gasteiger partial charge in [0.2, 0.25) is 0 Å². The van der Waals surface area contributed by atoms with E-state index in [1.54, 1.807) is 7.11 Å². The van der Waals surface area contributed by atoms with Crippen LogP contribution in [0.1, 0.15) is 12.1 Å². The summed E-state index contributed by atoms with van der Waals surface area (Å²) in [5.74, 6) is 0.868. The Labute approximate surface area is 148 Å². The smallest absolute Gasteiger partial charge is 0.137 e. The summed E-state index contributed by atoms with van der Waals surface area (Å²) in [4.78, 5) is 7.42. The molecule has 3 heterocycles. The molecule has 130 valence electrons. The topological polar surface area (TPSA) is 41.8 Å². The molecule has 0 atom stereocenters.